The molecule has 0 saturated heterocycles. The van der Waals surface area contributed by atoms with Crippen LogP contribution in [0.25, 0.3) is 0 Å². The zero-order valence-electron chi connectivity index (χ0n) is 11.1. The Kier molecular flexibility index (Phi) is 3.38. The van der Waals surface area contributed by atoms with Crippen molar-refractivity contribution in [1.29, 1.82) is 0 Å². The number of para-hydroxylation sites is 1. The van der Waals surface area contributed by atoms with Crippen molar-refractivity contribution in [3.05, 3.63) is 47.0 Å². The van der Waals surface area contributed by atoms with E-state index in [9.17, 15) is 8.42 Å². The van der Waals surface area contributed by atoms with Crippen molar-refractivity contribution < 1.29 is 8.42 Å². The van der Waals surface area contributed by atoms with Gasteiger partial charge in [0.15, 0.2) is 0 Å². The van der Waals surface area contributed by atoms with Gasteiger partial charge in [0.1, 0.15) is 22.2 Å². The van der Waals surface area contributed by atoms with Crippen LogP contribution in [0.4, 0.5) is 5.69 Å². The second-order valence-corrected chi connectivity index (χ2v) is 6.53. The highest BCUT2D eigenvalue weighted by molar-refractivity contribution is 7.90. The van der Waals surface area contributed by atoms with Gasteiger partial charge >= 0.3 is 0 Å². The number of nitrogens with zero attached hydrogens (tertiary/aromatic N) is 4. The van der Waals surface area contributed by atoms with Crippen LogP contribution >= 0.6 is 11.6 Å². The van der Waals surface area contributed by atoms with Crippen molar-refractivity contribution in [3.63, 3.8) is 0 Å². The second-order valence-electron chi connectivity index (χ2n) is 4.54. The average molecular weight is 323 g/mol. The van der Waals surface area contributed by atoms with Crippen LogP contribution in [0.2, 0.25) is 5.15 Å². The number of hydrogen-bond donors (Lipinski definition) is 0. The van der Waals surface area contributed by atoms with Crippen LogP contribution in [0.3, 0.4) is 0 Å². The quantitative estimate of drug-likeness (QED) is 0.792. The van der Waals surface area contributed by atoms with Crippen molar-refractivity contribution in [1.82, 2.24) is 9.97 Å². The van der Waals surface area contributed by atoms with Gasteiger partial charge in [-0.25, -0.2) is 9.97 Å². The number of anilines is 1. The van der Waals surface area contributed by atoms with Crippen LogP contribution in [0.5, 0.6) is 0 Å². The van der Waals surface area contributed by atoms with E-state index in [0.717, 1.165) is 5.69 Å². The van der Waals surface area contributed by atoms with Gasteiger partial charge in [-0.1, -0.05) is 23.7 Å². The fourth-order valence-corrected chi connectivity index (χ4v) is 3.40. The maximum Gasteiger partial charge on any atom is 0.285 e. The van der Waals surface area contributed by atoms with Gasteiger partial charge in [0, 0.05) is 5.69 Å². The summed E-state index contributed by atoms with van der Waals surface area (Å²) in [5.41, 5.74) is 1.30. The molecule has 2 heterocycles. The summed E-state index contributed by atoms with van der Waals surface area (Å²) in [5, 5.41) is 0.354. The molecule has 0 unspecified atom stereocenters. The Morgan fingerprint density at radius 2 is 2.00 bits per heavy atom. The van der Waals surface area contributed by atoms with Gasteiger partial charge in [0.2, 0.25) is 0 Å². The Labute approximate surface area is 127 Å². The largest absolute Gasteiger partial charge is 0.323 e. The summed E-state index contributed by atoms with van der Waals surface area (Å²) < 4.78 is 27.4. The van der Waals surface area contributed by atoms with Crippen molar-refractivity contribution in [3.8, 4) is 0 Å². The molecule has 108 valence electrons. The number of aryl methyl sites for hydroxylation is 1. The molecule has 0 N–H and O–H groups in total. The lowest BCUT2D eigenvalue weighted by atomic mass is 10.3. The van der Waals surface area contributed by atoms with E-state index in [2.05, 4.69) is 14.4 Å². The molecule has 0 aliphatic carbocycles. The van der Waals surface area contributed by atoms with E-state index in [-0.39, 0.29) is 11.4 Å². The maximum absolute atomic E-state index is 11.9. The molecule has 6 nitrogen and oxygen atoms in total. The SMILES string of the molecule is Cc1cc(Cl)nc(CN2C=NS(=O)(=O)c3ccccc32)n1. The van der Waals surface area contributed by atoms with E-state index in [1.54, 1.807) is 29.2 Å². The second kappa shape index (κ2) is 5.09. The van der Waals surface area contributed by atoms with E-state index < -0.39 is 10.0 Å². The molecule has 2 aromatic rings. The third kappa shape index (κ3) is 2.74. The maximum atomic E-state index is 11.9. The third-order valence-electron chi connectivity index (χ3n) is 2.96. The smallest absolute Gasteiger partial charge is 0.285 e. The highest BCUT2D eigenvalue weighted by Crippen LogP contribution is 2.29. The summed E-state index contributed by atoms with van der Waals surface area (Å²) in [6.45, 7) is 2.11. The fourth-order valence-electron chi connectivity index (χ4n) is 2.09. The summed E-state index contributed by atoms with van der Waals surface area (Å²) in [4.78, 5) is 10.3. The number of sulfonamides is 1. The molecule has 0 radical (unpaired) electrons. The molecule has 0 spiro atoms. The monoisotopic (exact) mass is 322 g/mol. The first kappa shape index (κ1) is 14.0. The van der Waals surface area contributed by atoms with Gasteiger partial charge in [0.05, 0.1) is 12.2 Å². The number of halogens is 1. The molecule has 1 aromatic heterocycles. The molecule has 3 rings (SSSR count). The van der Waals surface area contributed by atoms with E-state index in [1.165, 1.54) is 12.4 Å². The highest BCUT2D eigenvalue weighted by atomic mass is 35.5. The van der Waals surface area contributed by atoms with Gasteiger partial charge in [-0.3, -0.25) is 0 Å². The predicted molar refractivity (Wildman–Crippen MR) is 80.1 cm³/mol. The van der Waals surface area contributed by atoms with Crippen LogP contribution in [-0.2, 0) is 16.6 Å². The molecule has 0 fully saturated rings. The van der Waals surface area contributed by atoms with Crippen LogP contribution < -0.4 is 4.90 Å². The lowest BCUT2D eigenvalue weighted by Crippen LogP contribution is -2.27. The van der Waals surface area contributed by atoms with Crippen LogP contribution in [0.1, 0.15) is 11.5 Å². The zero-order chi connectivity index (χ0) is 15.0. The molecule has 0 saturated carbocycles. The van der Waals surface area contributed by atoms with Crippen LogP contribution in [0.15, 0.2) is 39.6 Å². The standard InChI is InChI=1S/C13H11ClN4O2S/c1-9-6-12(14)17-13(16-9)7-18-8-15-21(19,20)11-5-3-2-4-10(11)18/h2-6,8H,7H2,1H3. The summed E-state index contributed by atoms with van der Waals surface area (Å²) in [6.07, 6.45) is 1.28. The minimum Gasteiger partial charge on any atom is -0.323 e. The van der Waals surface area contributed by atoms with Gasteiger partial charge in [-0.05, 0) is 25.1 Å². The van der Waals surface area contributed by atoms with E-state index in [0.29, 0.717) is 16.7 Å². The average Bonchev–Trinajstić information content (AvgIpc) is 2.41. The number of benzene rings is 1. The molecule has 21 heavy (non-hydrogen) atoms. The molecular weight excluding hydrogens is 312 g/mol. The summed E-state index contributed by atoms with van der Waals surface area (Å²) >= 11 is 5.91. The lowest BCUT2D eigenvalue weighted by molar-refractivity contribution is 0.597. The van der Waals surface area contributed by atoms with Gasteiger partial charge in [-0.2, -0.15) is 8.42 Å². The Morgan fingerprint density at radius 3 is 2.76 bits per heavy atom. The number of aromatic nitrogens is 2. The summed E-state index contributed by atoms with van der Waals surface area (Å²) in [7, 11) is -3.62. The zero-order valence-corrected chi connectivity index (χ0v) is 12.6. The Morgan fingerprint density at radius 1 is 1.24 bits per heavy atom. The topological polar surface area (TPSA) is 75.5 Å². The first-order chi connectivity index (χ1) is 9.95. The lowest BCUT2D eigenvalue weighted by Gasteiger charge is -2.24. The highest BCUT2D eigenvalue weighted by Gasteiger charge is 2.25. The molecule has 0 atom stereocenters. The number of fused-ring (bicyclic) bond motifs is 1. The van der Waals surface area contributed by atoms with Crippen molar-refractivity contribution in [2.75, 3.05) is 4.90 Å². The van der Waals surface area contributed by atoms with Gasteiger partial charge < -0.3 is 4.90 Å². The first-order valence-corrected chi connectivity index (χ1v) is 7.94. The first-order valence-electron chi connectivity index (χ1n) is 6.12. The van der Waals surface area contributed by atoms with E-state index in [1.807, 2.05) is 6.92 Å². The molecule has 8 heteroatoms. The third-order valence-corrected chi connectivity index (χ3v) is 4.43. The van der Waals surface area contributed by atoms with E-state index in [4.69, 9.17) is 11.6 Å². The van der Waals surface area contributed by atoms with Crippen molar-refractivity contribution >= 4 is 33.7 Å². The molecule has 1 aliphatic rings. The molecule has 0 bridgehead atoms. The van der Waals surface area contributed by atoms with E-state index >= 15 is 0 Å². The minimum atomic E-state index is -3.62. The predicted octanol–water partition coefficient (Wildman–Crippen LogP) is 2.18. The molecule has 0 amide bonds. The molecule has 1 aliphatic heterocycles. The molecule has 1 aromatic carbocycles. The van der Waals surface area contributed by atoms with Crippen molar-refractivity contribution in [2.45, 2.75) is 18.4 Å². The van der Waals surface area contributed by atoms with Crippen LogP contribution in [0, 0.1) is 6.92 Å². The Hall–Kier alpha value is -1.99. The Balaban J connectivity index is 2.01. The molecular formula is C13H11ClN4O2S. The number of rotatable bonds is 2. The fraction of sp³-hybridized carbons (Fsp3) is 0.154. The Bertz CT molecular complexity index is 816. The normalized spacial score (nSPS) is 15.8. The van der Waals surface area contributed by atoms with Crippen LogP contribution in [-0.4, -0.2) is 24.7 Å². The van der Waals surface area contributed by atoms with Gasteiger partial charge in [-0.15, -0.1) is 4.40 Å². The number of hydrogen-bond acceptors (Lipinski definition) is 5. The summed E-state index contributed by atoms with van der Waals surface area (Å²) in [6, 6.07) is 8.33. The van der Waals surface area contributed by atoms with Crippen molar-refractivity contribution in [2.24, 2.45) is 4.40 Å². The minimum absolute atomic E-state index is 0.172. The summed E-state index contributed by atoms with van der Waals surface area (Å²) in [5.74, 6) is 0.501. The van der Waals surface area contributed by atoms with Gasteiger partial charge in [0.25, 0.3) is 10.0 Å².